The van der Waals surface area contributed by atoms with E-state index < -0.39 is 0 Å². The second-order valence-corrected chi connectivity index (χ2v) is 7.38. The molecule has 1 heterocycles. The van der Waals surface area contributed by atoms with Gasteiger partial charge in [0.2, 0.25) is 0 Å². The normalized spacial score (nSPS) is 10.5. The average Bonchev–Trinajstić information content (AvgIpc) is 3.14. The van der Waals surface area contributed by atoms with Crippen molar-refractivity contribution in [1.29, 1.82) is 5.26 Å². The number of methoxy groups -OCH3 is 1. The summed E-state index contributed by atoms with van der Waals surface area (Å²) in [6.45, 7) is 7.08. The van der Waals surface area contributed by atoms with E-state index in [9.17, 15) is 0 Å². The van der Waals surface area contributed by atoms with E-state index in [4.69, 9.17) is 26.0 Å². The highest BCUT2D eigenvalue weighted by molar-refractivity contribution is 7.97. The molecule has 144 valence electrons. The van der Waals surface area contributed by atoms with Crippen LogP contribution < -0.4 is 14.4 Å². The summed E-state index contributed by atoms with van der Waals surface area (Å²) in [6, 6.07) is 13.4. The Hall–Kier alpha value is -2.75. The van der Waals surface area contributed by atoms with Crippen LogP contribution in [0, 0.1) is 11.3 Å². The van der Waals surface area contributed by atoms with Crippen LogP contribution in [0.4, 0.5) is 5.69 Å². The van der Waals surface area contributed by atoms with Crippen molar-refractivity contribution in [3.63, 3.8) is 0 Å². The van der Waals surface area contributed by atoms with E-state index >= 15 is 0 Å². The molecule has 3 aromatic rings. The Labute approximate surface area is 173 Å². The molecule has 7 heteroatoms. The maximum atomic E-state index is 9.09. The molecule has 5 nitrogen and oxygen atoms in total. The summed E-state index contributed by atoms with van der Waals surface area (Å²) in [5, 5.41) is 10.5. The van der Waals surface area contributed by atoms with Crippen LogP contribution in [0.5, 0.6) is 5.75 Å². The first kappa shape index (κ1) is 20.0. The minimum atomic E-state index is 0.367. The Balaban J connectivity index is 1.78. The van der Waals surface area contributed by atoms with Gasteiger partial charge in [-0.15, -0.1) is 0 Å². The van der Waals surface area contributed by atoms with Crippen LogP contribution in [0.3, 0.4) is 0 Å². The second-order valence-electron chi connectivity index (χ2n) is 6.12. The van der Waals surface area contributed by atoms with Gasteiger partial charge in [-0.3, -0.25) is 0 Å². The van der Waals surface area contributed by atoms with Gasteiger partial charge in [-0.05, 0) is 43.1 Å². The predicted octanol–water partition coefficient (Wildman–Crippen LogP) is 5.69. The van der Waals surface area contributed by atoms with Crippen molar-refractivity contribution >= 4 is 45.9 Å². The molecule has 0 radical (unpaired) electrons. The zero-order valence-electron chi connectivity index (χ0n) is 15.9. The topological polar surface area (TPSA) is 61.4 Å². The fourth-order valence-electron chi connectivity index (χ4n) is 2.62. The van der Waals surface area contributed by atoms with Crippen molar-refractivity contribution in [3.05, 3.63) is 59.3 Å². The summed E-state index contributed by atoms with van der Waals surface area (Å²) in [6.07, 6.45) is 0. The lowest BCUT2D eigenvalue weighted by atomic mass is 10.2. The number of nitrogens with one attached hydrogen (secondary N) is 1. The van der Waals surface area contributed by atoms with E-state index in [-0.39, 0.29) is 0 Å². The van der Waals surface area contributed by atoms with Crippen LogP contribution >= 0.6 is 23.5 Å². The zero-order chi connectivity index (χ0) is 20.3. The van der Waals surface area contributed by atoms with Crippen molar-refractivity contribution in [2.45, 2.75) is 11.8 Å². The molecule has 0 amide bonds. The third-order valence-corrected chi connectivity index (χ3v) is 5.57. The Morgan fingerprint density at radius 2 is 2.14 bits per heavy atom. The van der Waals surface area contributed by atoms with E-state index in [1.165, 1.54) is 11.9 Å². The van der Waals surface area contributed by atoms with E-state index in [1.54, 1.807) is 19.2 Å². The van der Waals surface area contributed by atoms with E-state index in [1.807, 2.05) is 31.3 Å². The first-order valence-corrected chi connectivity index (χ1v) is 9.80. The summed E-state index contributed by atoms with van der Waals surface area (Å²) in [7, 11) is 3.59. The third-order valence-electron chi connectivity index (χ3n) is 4.37. The van der Waals surface area contributed by atoms with Gasteiger partial charge in [0.05, 0.1) is 28.3 Å². The van der Waals surface area contributed by atoms with Crippen LogP contribution in [0.15, 0.2) is 52.3 Å². The lowest BCUT2D eigenvalue weighted by molar-refractivity contribution is 0.404. The standard InChI is InChI=1S/C21H20ClN3O2S/c1-5-25(3)16-7-6-14-8-18(27-19(14)10-16)13(2)24-28-21-11-17(22)15(12-23)9-20(21)26-4/h6-11,24H,2,5H2,1,3-4H3. The molecule has 0 spiro atoms. The molecule has 0 atom stereocenters. The summed E-state index contributed by atoms with van der Waals surface area (Å²) in [5.74, 6) is 1.21. The third kappa shape index (κ3) is 4.06. The van der Waals surface area contributed by atoms with Crippen LogP contribution in [0.2, 0.25) is 5.02 Å². The van der Waals surface area contributed by atoms with Gasteiger partial charge in [0.25, 0.3) is 0 Å². The SMILES string of the molecule is C=C(NSc1cc(Cl)c(C#N)cc1OC)c1cc2ccc(N(C)CC)cc2o1. The van der Waals surface area contributed by atoms with Crippen LogP contribution in [-0.2, 0) is 0 Å². The summed E-state index contributed by atoms with van der Waals surface area (Å²) in [4.78, 5) is 2.89. The maximum Gasteiger partial charge on any atom is 0.151 e. The Bertz CT molecular complexity index is 1070. The molecule has 2 aromatic carbocycles. The van der Waals surface area contributed by atoms with Gasteiger partial charge in [-0.1, -0.05) is 18.2 Å². The first-order valence-electron chi connectivity index (χ1n) is 8.61. The van der Waals surface area contributed by atoms with E-state index in [2.05, 4.69) is 29.2 Å². The molecular formula is C21H20ClN3O2S. The lowest BCUT2D eigenvalue weighted by Gasteiger charge is -2.16. The molecule has 3 rings (SSSR count). The lowest BCUT2D eigenvalue weighted by Crippen LogP contribution is -2.15. The van der Waals surface area contributed by atoms with Gasteiger partial charge in [-0.25, -0.2) is 0 Å². The molecule has 0 aliphatic heterocycles. The molecule has 0 bridgehead atoms. The quantitative estimate of drug-likeness (QED) is 0.502. The van der Waals surface area contributed by atoms with Gasteiger partial charge < -0.3 is 18.8 Å². The predicted molar refractivity (Wildman–Crippen MR) is 116 cm³/mol. The number of halogens is 1. The van der Waals surface area contributed by atoms with Gasteiger partial charge in [-0.2, -0.15) is 5.26 Å². The van der Waals surface area contributed by atoms with Crippen molar-refractivity contribution in [2.24, 2.45) is 0 Å². The largest absolute Gasteiger partial charge is 0.495 e. The molecule has 0 aliphatic carbocycles. The number of hydrogen-bond donors (Lipinski definition) is 1. The molecule has 0 fully saturated rings. The summed E-state index contributed by atoms with van der Waals surface area (Å²) >= 11 is 7.43. The summed E-state index contributed by atoms with van der Waals surface area (Å²) < 4.78 is 14.5. The molecule has 1 aromatic heterocycles. The van der Waals surface area contributed by atoms with Crippen molar-refractivity contribution < 1.29 is 9.15 Å². The van der Waals surface area contributed by atoms with Gasteiger partial charge in [0.15, 0.2) is 5.76 Å². The molecule has 0 saturated heterocycles. The molecule has 0 aliphatic rings. The Morgan fingerprint density at radius 1 is 1.36 bits per heavy atom. The van der Waals surface area contributed by atoms with Gasteiger partial charge in [0.1, 0.15) is 17.4 Å². The number of hydrogen-bond acceptors (Lipinski definition) is 6. The fraction of sp³-hybridized carbons (Fsp3) is 0.190. The van der Waals surface area contributed by atoms with Crippen molar-refractivity contribution in [3.8, 4) is 11.8 Å². The molecule has 1 N–H and O–H groups in total. The molecule has 28 heavy (non-hydrogen) atoms. The summed E-state index contributed by atoms with van der Waals surface area (Å²) in [5.41, 5.74) is 2.89. The van der Waals surface area contributed by atoms with Crippen LogP contribution in [0.1, 0.15) is 18.2 Å². The van der Waals surface area contributed by atoms with E-state index in [0.717, 1.165) is 28.1 Å². The highest BCUT2D eigenvalue weighted by Crippen LogP contribution is 2.34. The number of rotatable bonds is 7. The van der Waals surface area contributed by atoms with Crippen LogP contribution in [0.25, 0.3) is 16.7 Å². The monoisotopic (exact) mass is 413 g/mol. The fourth-order valence-corrected chi connectivity index (χ4v) is 3.64. The number of benzene rings is 2. The second kappa shape index (κ2) is 8.51. The number of ether oxygens (including phenoxy) is 1. The molecular weight excluding hydrogens is 394 g/mol. The maximum absolute atomic E-state index is 9.09. The minimum absolute atomic E-state index is 0.367. The molecule has 0 saturated carbocycles. The highest BCUT2D eigenvalue weighted by atomic mass is 35.5. The first-order chi connectivity index (χ1) is 13.5. The highest BCUT2D eigenvalue weighted by Gasteiger charge is 2.13. The Kier molecular flexibility index (Phi) is 6.08. The van der Waals surface area contributed by atoms with Gasteiger partial charge in [0, 0.05) is 36.8 Å². The number of furan rings is 1. The van der Waals surface area contributed by atoms with Gasteiger partial charge >= 0.3 is 0 Å². The minimum Gasteiger partial charge on any atom is -0.495 e. The van der Waals surface area contributed by atoms with Crippen LogP contribution in [-0.4, -0.2) is 20.7 Å². The van der Waals surface area contributed by atoms with E-state index in [0.29, 0.717) is 27.8 Å². The number of nitrogens with zero attached hydrogens (tertiary/aromatic N) is 2. The molecule has 0 unspecified atom stereocenters. The smallest absolute Gasteiger partial charge is 0.151 e. The number of nitriles is 1. The zero-order valence-corrected chi connectivity index (χ0v) is 17.4. The van der Waals surface area contributed by atoms with Crippen molar-refractivity contribution in [2.75, 3.05) is 25.6 Å². The Morgan fingerprint density at radius 3 is 2.82 bits per heavy atom. The average molecular weight is 414 g/mol. The number of fused-ring (bicyclic) bond motifs is 1. The number of anilines is 1. The van der Waals surface area contributed by atoms with Crippen molar-refractivity contribution in [1.82, 2.24) is 4.72 Å².